The third-order valence-electron chi connectivity index (χ3n) is 3.97. The number of rotatable bonds is 2. The summed E-state index contributed by atoms with van der Waals surface area (Å²) in [5, 5.41) is 10.5. The maximum atomic E-state index is 13.3. The molecule has 1 nitrogen and oxygen atoms in total. The molecule has 1 unspecified atom stereocenters. The van der Waals surface area contributed by atoms with Gasteiger partial charge in [-0.05, 0) is 66.1 Å². The molecule has 1 aliphatic rings. The van der Waals surface area contributed by atoms with Gasteiger partial charge in [0.15, 0.2) is 0 Å². The SMILES string of the molecule is Cc1ccc(F)cc1C(O)c1ccc2c(c1)CCC2. The molecule has 19 heavy (non-hydrogen) atoms. The lowest BCUT2D eigenvalue weighted by Gasteiger charge is -2.15. The topological polar surface area (TPSA) is 20.2 Å². The Morgan fingerprint density at radius 3 is 2.68 bits per heavy atom. The van der Waals surface area contributed by atoms with Crippen molar-refractivity contribution in [2.75, 3.05) is 0 Å². The van der Waals surface area contributed by atoms with Gasteiger partial charge in [-0.25, -0.2) is 4.39 Å². The Morgan fingerprint density at radius 1 is 1.05 bits per heavy atom. The van der Waals surface area contributed by atoms with Crippen LogP contribution in [-0.2, 0) is 12.8 Å². The van der Waals surface area contributed by atoms with E-state index in [-0.39, 0.29) is 5.82 Å². The summed E-state index contributed by atoms with van der Waals surface area (Å²) in [6.07, 6.45) is 2.65. The number of aliphatic hydroxyl groups is 1. The molecule has 0 fully saturated rings. The van der Waals surface area contributed by atoms with Crippen LogP contribution in [0.15, 0.2) is 36.4 Å². The molecular weight excluding hydrogens is 239 g/mol. The smallest absolute Gasteiger partial charge is 0.123 e. The Labute approximate surface area is 112 Å². The lowest BCUT2D eigenvalue weighted by Crippen LogP contribution is -2.03. The van der Waals surface area contributed by atoms with Gasteiger partial charge >= 0.3 is 0 Å². The number of hydrogen-bond donors (Lipinski definition) is 1. The van der Waals surface area contributed by atoms with Crippen molar-refractivity contribution in [1.82, 2.24) is 0 Å². The maximum Gasteiger partial charge on any atom is 0.123 e. The van der Waals surface area contributed by atoms with E-state index < -0.39 is 6.10 Å². The molecule has 0 spiro atoms. The van der Waals surface area contributed by atoms with Crippen LogP contribution in [0.25, 0.3) is 0 Å². The normalized spacial score (nSPS) is 15.3. The van der Waals surface area contributed by atoms with Crippen molar-refractivity contribution in [2.45, 2.75) is 32.3 Å². The van der Waals surface area contributed by atoms with E-state index in [1.54, 1.807) is 6.07 Å². The molecule has 2 aromatic rings. The van der Waals surface area contributed by atoms with Gasteiger partial charge in [-0.3, -0.25) is 0 Å². The molecule has 1 N–H and O–H groups in total. The predicted molar refractivity (Wildman–Crippen MR) is 73.7 cm³/mol. The summed E-state index contributed by atoms with van der Waals surface area (Å²) in [5.41, 5.74) is 5.12. The molecule has 2 heteroatoms. The highest BCUT2D eigenvalue weighted by Crippen LogP contribution is 2.30. The molecular formula is C17H17FO. The lowest BCUT2D eigenvalue weighted by atomic mass is 9.95. The number of aliphatic hydroxyl groups excluding tert-OH is 1. The molecule has 0 radical (unpaired) electrons. The highest BCUT2D eigenvalue weighted by molar-refractivity contribution is 5.41. The highest BCUT2D eigenvalue weighted by atomic mass is 19.1. The van der Waals surface area contributed by atoms with Gasteiger partial charge < -0.3 is 5.11 Å². The molecule has 1 aliphatic carbocycles. The van der Waals surface area contributed by atoms with Gasteiger partial charge in [0.2, 0.25) is 0 Å². The second kappa shape index (κ2) is 4.78. The van der Waals surface area contributed by atoms with E-state index in [0.717, 1.165) is 24.0 Å². The van der Waals surface area contributed by atoms with Crippen molar-refractivity contribution in [3.63, 3.8) is 0 Å². The number of halogens is 1. The summed E-state index contributed by atoms with van der Waals surface area (Å²) >= 11 is 0. The number of hydrogen-bond acceptors (Lipinski definition) is 1. The number of benzene rings is 2. The summed E-state index contributed by atoms with van der Waals surface area (Å²) in [4.78, 5) is 0. The van der Waals surface area contributed by atoms with Gasteiger partial charge in [-0.2, -0.15) is 0 Å². The fraction of sp³-hybridized carbons (Fsp3) is 0.294. The maximum absolute atomic E-state index is 13.3. The second-order valence-electron chi connectivity index (χ2n) is 5.29. The largest absolute Gasteiger partial charge is 0.384 e. The Morgan fingerprint density at radius 2 is 1.84 bits per heavy atom. The van der Waals surface area contributed by atoms with E-state index in [1.165, 1.54) is 29.7 Å². The fourth-order valence-electron chi connectivity index (χ4n) is 2.85. The monoisotopic (exact) mass is 256 g/mol. The molecule has 0 heterocycles. The zero-order valence-electron chi connectivity index (χ0n) is 11.0. The first-order valence-corrected chi connectivity index (χ1v) is 6.71. The Hall–Kier alpha value is -1.67. The third-order valence-corrected chi connectivity index (χ3v) is 3.97. The summed E-state index contributed by atoms with van der Waals surface area (Å²) in [7, 11) is 0. The molecule has 0 saturated carbocycles. The minimum atomic E-state index is -0.749. The van der Waals surface area contributed by atoms with E-state index in [1.807, 2.05) is 13.0 Å². The van der Waals surface area contributed by atoms with E-state index in [2.05, 4.69) is 12.1 Å². The first kappa shape index (κ1) is 12.4. The van der Waals surface area contributed by atoms with Crippen molar-refractivity contribution >= 4 is 0 Å². The van der Waals surface area contributed by atoms with E-state index >= 15 is 0 Å². The quantitative estimate of drug-likeness (QED) is 0.868. The zero-order chi connectivity index (χ0) is 13.4. The van der Waals surface area contributed by atoms with Crippen LogP contribution >= 0.6 is 0 Å². The minimum absolute atomic E-state index is 0.305. The van der Waals surface area contributed by atoms with Gasteiger partial charge in [0.25, 0.3) is 0 Å². The lowest BCUT2D eigenvalue weighted by molar-refractivity contribution is 0.219. The van der Waals surface area contributed by atoms with Crippen LogP contribution in [0.1, 0.15) is 40.3 Å². The molecule has 0 aromatic heterocycles. The van der Waals surface area contributed by atoms with Crippen LogP contribution < -0.4 is 0 Å². The highest BCUT2D eigenvalue weighted by Gasteiger charge is 2.17. The van der Waals surface area contributed by atoms with Crippen molar-refractivity contribution in [1.29, 1.82) is 0 Å². The average Bonchev–Trinajstić information content (AvgIpc) is 2.88. The first-order valence-electron chi connectivity index (χ1n) is 6.71. The van der Waals surface area contributed by atoms with Crippen molar-refractivity contribution in [3.05, 3.63) is 70.0 Å². The van der Waals surface area contributed by atoms with Gasteiger partial charge in [0.1, 0.15) is 11.9 Å². The fourth-order valence-corrected chi connectivity index (χ4v) is 2.85. The summed E-state index contributed by atoms with van der Waals surface area (Å²) < 4.78 is 13.3. The van der Waals surface area contributed by atoms with Gasteiger partial charge in [-0.1, -0.05) is 24.3 Å². The van der Waals surface area contributed by atoms with Crippen LogP contribution in [0.3, 0.4) is 0 Å². The second-order valence-corrected chi connectivity index (χ2v) is 5.29. The molecule has 0 aliphatic heterocycles. The zero-order valence-corrected chi connectivity index (χ0v) is 11.0. The number of aryl methyl sites for hydroxylation is 3. The van der Waals surface area contributed by atoms with Gasteiger partial charge in [0.05, 0.1) is 0 Å². The molecule has 0 bridgehead atoms. The van der Waals surface area contributed by atoms with E-state index in [4.69, 9.17) is 0 Å². The van der Waals surface area contributed by atoms with Crippen molar-refractivity contribution < 1.29 is 9.50 Å². The Bertz CT molecular complexity index is 619. The van der Waals surface area contributed by atoms with Crippen molar-refractivity contribution in [2.24, 2.45) is 0 Å². The number of fused-ring (bicyclic) bond motifs is 1. The summed E-state index contributed by atoms with van der Waals surface area (Å²) in [5.74, 6) is -0.305. The summed E-state index contributed by atoms with van der Waals surface area (Å²) in [6.45, 7) is 1.89. The molecule has 98 valence electrons. The van der Waals surface area contributed by atoms with Gasteiger partial charge in [-0.15, -0.1) is 0 Å². The predicted octanol–water partition coefficient (Wildman–Crippen LogP) is 3.70. The Kier molecular flexibility index (Phi) is 3.11. The Balaban J connectivity index is 1.99. The first-order chi connectivity index (χ1) is 9.15. The summed E-state index contributed by atoms with van der Waals surface area (Å²) in [6, 6.07) is 10.7. The third kappa shape index (κ3) is 2.28. The van der Waals surface area contributed by atoms with Crippen LogP contribution in [-0.4, -0.2) is 5.11 Å². The molecule has 2 aromatic carbocycles. The van der Waals surface area contributed by atoms with Crippen LogP contribution in [0.5, 0.6) is 0 Å². The van der Waals surface area contributed by atoms with Gasteiger partial charge in [0, 0.05) is 0 Å². The van der Waals surface area contributed by atoms with Crippen LogP contribution in [0.4, 0.5) is 4.39 Å². The van der Waals surface area contributed by atoms with Crippen LogP contribution in [0.2, 0.25) is 0 Å². The average molecular weight is 256 g/mol. The minimum Gasteiger partial charge on any atom is -0.384 e. The van der Waals surface area contributed by atoms with Crippen LogP contribution in [0, 0.1) is 12.7 Å². The molecule has 0 saturated heterocycles. The molecule has 0 amide bonds. The van der Waals surface area contributed by atoms with E-state index in [9.17, 15) is 9.50 Å². The standard InChI is InChI=1S/C17H17FO/c1-11-5-8-15(18)10-16(11)17(19)14-7-6-12-3-2-4-13(12)9-14/h5-10,17,19H,2-4H2,1H3. The molecule has 1 atom stereocenters. The van der Waals surface area contributed by atoms with E-state index in [0.29, 0.717) is 5.56 Å². The molecule has 3 rings (SSSR count). The van der Waals surface area contributed by atoms with Crippen molar-refractivity contribution in [3.8, 4) is 0 Å².